The van der Waals surface area contributed by atoms with Crippen molar-refractivity contribution >= 4 is 0 Å². The van der Waals surface area contributed by atoms with Crippen LogP contribution in [-0.4, -0.2) is 6.61 Å². The van der Waals surface area contributed by atoms with Crippen LogP contribution < -0.4 is 0 Å². The fourth-order valence-electron chi connectivity index (χ4n) is 2.65. The molecule has 2 heteroatoms. The lowest BCUT2D eigenvalue weighted by Crippen LogP contribution is -2.00. The fourth-order valence-corrected chi connectivity index (χ4v) is 2.65. The van der Waals surface area contributed by atoms with Crippen molar-refractivity contribution in [2.45, 2.75) is 39.1 Å². The zero-order valence-electron chi connectivity index (χ0n) is 9.08. The van der Waals surface area contributed by atoms with Crippen LogP contribution >= 0.6 is 0 Å². The molecule has 80 valence electrons. The highest BCUT2D eigenvalue weighted by Gasteiger charge is 2.24. The van der Waals surface area contributed by atoms with Gasteiger partial charge in [-0.1, -0.05) is 12.1 Å². The molecule has 1 aromatic carbocycles. The van der Waals surface area contributed by atoms with E-state index in [1.807, 2.05) is 0 Å². The van der Waals surface area contributed by atoms with Crippen molar-refractivity contribution in [2.75, 3.05) is 6.61 Å². The highest BCUT2D eigenvalue weighted by atomic mass is 16.5. The molecule has 0 fully saturated rings. The van der Waals surface area contributed by atoms with E-state index in [1.54, 1.807) is 0 Å². The van der Waals surface area contributed by atoms with Gasteiger partial charge in [-0.15, -0.1) is 0 Å². The van der Waals surface area contributed by atoms with Gasteiger partial charge in [0, 0.05) is 6.61 Å². The molecule has 0 amide bonds. The molecule has 1 atom stereocenters. The van der Waals surface area contributed by atoms with Gasteiger partial charge in [0.2, 0.25) is 0 Å². The van der Waals surface area contributed by atoms with Crippen molar-refractivity contribution in [3.8, 4) is 0 Å². The summed E-state index contributed by atoms with van der Waals surface area (Å²) in [6.07, 6.45) is 2.55. The lowest BCUT2D eigenvalue weighted by molar-refractivity contribution is 0.0792. The van der Waals surface area contributed by atoms with Gasteiger partial charge in [-0.05, 0) is 42.0 Å². The molecule has 15 heavy (non-hydrogen) atoms. The molecule has 0 bridgehead atoms. The number of ether oxygens (including phenoxy) is 2. The molecule has 0 N–H and O–H groups in total. The van der Waals surface area contributed by atoms with Crippen LogP contribution in [0.3, 0.4) is 0 Å². The Bertz CT molecular complexity index is 384. The second kappa shape index (κ2) is 3.62. The van der Waals surface area contributed by atoms with Crippen molar-refractivity contribution in [3.05, 3.63) is 34.4 Å². The van der Waals surface area contributed by atoms with Crippen LogP contribution in [0.4, 0.5) is 0 Å². The van der Waals surface area contributed by atoms with E-state index in [1.165, 1.54) is 22.3 Å². The van der Waals surface area contributed by atoms with Crippen molar-refractivity contribution in [1.29, 1.82) is 0 Å². The molecule has 2 nitrogen and oxygen atoms in total. The standard InChI is InChI=1S/C13H16O2/c1-9-13-11(8-15-9)5-4-10-7-14-6-2-3-12(10)13/h4-5,9H,2-3,6-8H2,1H3. The Hall–Kier alpha value is -0.860. The largest absolute Gasteiger partial charge is 0.377 e. The van der Waals surface area contributed by atoms with E-state index in [2.05, 4.69) is 19.1 Å². The van der Waals surface area contributed by atoms with Gasteiger partial charge in [-0.3, -0.25) is 0 Å². The number of benzene rings is 1. The molecule has 0 aliphatic carbocycles. The van der Waals surface area contributed by atoms with Crippen molar-refractivity contribution in [1.82, 2.24) is 0 Å². The fraction of sp³-hybridized carbons (Fsp3) is 0.538. The first-order valence-electron chi connectivity index (χ1n) is 5.69. The summed E-state index contributed by atoms with van der Waals surface area (Å²) in [7, 11) is 0. The Labute approximate surface area is 90.2 Å². The monoisotopic (exact) mass is 204 g/mol. The van der Waals surface area contributed by atoms with Crippen LogP contribution in [-0.2, 0) is 29.1 Å². The lowest BCUT2D eigenvalue weighted by Gasteiger charge is -2.13. The Morgan fingerprint density at radius 3 is 3.00 bits per heavy atom. The zero-order chi connectivity index (χ0) is 10.3. The average molecular weight is 204 g/mol. The molecule has 0 spiro atoms. The summed E-state index contributed by atoms with van der Waals surface area (Å²) in [4.78, 5) is 0. The summed E-state index contributed by atoms with van der Waals surface area (Å²) in [5.41, 5.74) is 5.68. The first-order valence-corrected chi connectivity index (χ1v) is 5.69. The second-order valence-electron chi connectivity index (χ2n) is 4.39. The summed E-state index contributed by atoms with van der Waals surface area (Å²) >= 11 is 0. The van der Waals surface area contributed by atoms with Gasteiger partial charge in [-0.25, -0.2) is 0 Å². The Morgan fingerprint density at radius 1 is 1.20 bits per heavy atom. The number of fused-ring (bicyclic) bond motifs is 3. The molecule has 2 heterocycles. The normalized spacial score (nSPS) is 24.5. The summed E-state index contributed by atoms with van der Waals surface area (Å²) in [6.45, 7) is 4.59. The maximum atomic E-state index is 5.69. The van der Waals surface area contributed by atoms with Crippen LogP contribution in [0.1, 0.15) is 41.7 Å². The van der Waals surface area contributed by atoms with E-state index in [9.17, 15) is 0 Å². The molecule has 0 radical (unpaired) electrons. The quantitative estimate of drug-likeness (QED) is 0.647. The molecule has 3 rings (SSSR count). The molecule has 0 aromatic heterocycles. The molecular formula is C13H16O2. The first-order chi connectivity index (χ1) is 7.36. The second-order valence-corrected chi connectivity index (χ2v) is 4.39. The van der Waals surface area contributed by atoms with Gasteiger partial charge in [0.15, 0.2) is 0 Å². The van der Waals surface area contributed by atoms with Gasteiger partial charge in [0.1, 0.15) is 0 Å². The third-order valence-electron chi connectivity index (χ3n) is 3.41. The van der Waals surface area contributed by atoms with Crippen LogP contribution in [0.2, 0.25) is 0 Å². The highest BCUT2D eigenvalue weighted by Crippen LogP contribution is 2.36. The molecule has 0 saturated carbocycles. The molecule has 2 aliphatic rings. The number of hydrogen-bond donors (Lipinski definition) is 0. The van der Waals surface area contributed by atoms with E-state index >= 15 is 0 Å². The van der Waals surface area contributed by atoms with Crippen LogP contribution in [0, 0.1) is 0 Å². The topological polar surface area (TPSA) is 18.5 Å². The van der Waals surface area contributed by atoms with E-state index < -0.39 is 0 Å². The van der Waals surface area contributed by atoms with E-state index in [0.717, 1.165) is 32.7 Å². The van der Waals surface area contributed by atoms with Gasteiger partial charge >= 0.3 is 0 Å². The van der Waals surface area contributed by atoms with Crippen LogP contribution in [0.5, 0.6) is 0 Å². The van der Waals surface area contributed by atoms with Gasteiger partial charge < -0.3 is 9.47 Å². The smallest absolute Gasteiger partial charge is 0.0807 e. The maximum absolute atomic E-state index is 5.69. The van der Waals surface area contributed by atoms with Crippen molar-refractivity contribution in [3.63, 3.8) is 0 Å². The first kappa shape index (κ1) is 9.37. The van der Waals surface area contributed by atoms with Gasteiger partial charge in [0.05, 0.1) is 19.3 Å². The predicted molar refractivity (Wildman–Crippen MR) is 57.6 cm³/mol. The minimum atomic E-state index is 0.271. The van der Waals surface area contributed by atoms with E-state index in [-0.39, 0.29) is 6.10 Å². The average Bonchev–Trinajstić information content (AvgIpc) is 2.51. The Morgan fingerprint density at radius 2 is 2.07 bits per heavy atom. The minimum Gasteiger partial charge on any atom is -0.377 e. The number of rotatable bonds is 0. The molecule has 2 aliphatic heterocycles. The minimum absolute atomic E-state index is 0.271. The van der Waals surface area contributed by atoms with E-state index in [0.29, 0.717) is 0 Å². The van der Waals surface area contributed by atoms with Crippen LogP contribution in [0.15, 0.2) is 12.1 Å². The highest BCUT2D eigenvalue weighted by molar-refractivity contribution is 5.44. The molecule has 1 aromatic rings. The molecule has 1 unspecified atom stereocenters. The number of hydrogen-bond acceptors (Lipinski definition) is 2. The third-order valence-corrected chi connectivity index (χ3v) is 3.41. The summed E-state index contributed by atoms with van der Waals surface area (Å²) in [6, 6.07) is 4.41. The van der Waals surface area contributed by atoms with E-state index in [4.69, 9.17) is 9.47 Å². The Balaban J connectivity index is 2.13. The summed E-state index contributed by atoms with van der Waals surface area (Å²) in [5.74, 6) is 0. The van der Waals surface area contributed by atoms with Crippen molar-refractivity contribution in [2.24, 2.45) is 0 Å². The lowest BCUT2D eigenvalue weighted by atomic mass is 9.92. The summed E-state index contributed by atoms with van der Waals surface area (Å²) in [5, 5.41) is 0. The summed E-state index contributed by atoms with van der Waals surface area (Å²) < 4.78 is 11.3. The molecule has 0 saturated heterocycles. The zero-order valence-corrected chi connectivity index (χ0v) is 9.08. The predicted octanol–water partition coefficient (Wildman–Crippen LogP) is 2.74. The van der Waals surface area contributed by atoms with Gasteiger partial charge in [-0.2, -0.15) is 0 Å². The SMILES string of the molecule is CC1OCc2ccc3c(c21)CCCOC3. The third kappa shape index (κ3) is 1.48. The van der Waals surface area contributed by atoms with Crippen LogP contribution in [0.25, 0.3) is 0 Å². The maximum Gasteiger partial charge on any atom is 0.0807 e. The molecular weight excluding hydrogens is 188 g/mol. The Kier molecular flexibility index (Phi) is 2.26. The van der Waals surface area contributed by atoms with Gasteiger partial charge in [0.25, 0.3) is 0 Å². The van der Waals surface area contributed by atoms with Crippen molar-refractivity contribution < 1.29 is 9.47 Å².